The Morgan fingerprint density at radius 2 is 2.06 bits per heavy atom. The van der Waals surface area contributed by atoms with Crippen LogP contribution in [0.25, 0.3) is 0 Å². The van der Waals surface area contributed by atoms with Gasteiger partial charge in [-0.3, -0.25) is 4.98 Å². The second kappa shape index (κ2) is 7.91. The summed E-state index contributed by atoms with van der Waals surface area (Å²) in [5, 5.41) is 4.24. The number of pyridine rings is 1. The lowest BCUT2D eigenvalue weighted by molar-refractivity contribution is 0.446. The SMILES string of the molecule is CCC(CC)C(Cl)CNCc1ccncc1Cl. The number of halogens is 2. The fourth-order valence-corrected chi connectivity index (χ4v) is 2.51. The first-order valence-electron chi connectivity index (χ1n) is 6.12. The van der Waals surface area contributed by atoms with Gasteiger partial charge in [-0.05, 0) is 17.5 Å². The molecule has 0 aliphatic heterocycles. The molecule has 1 unspecified atom stereocenters. The van der Waals surface area contributed by atoms with Crippen molar-refractivity contribution in [2.24, 2.45) is 5.92 Å². The van der Waals surface area contributed by atoms with Gasteiger partial charge in [0.2, 0.25) is 0 Å². The molecule has 1 heterocycles. The minimum atomic E-state index is 0.186. The molecule has 2 nitrogen and oxygen atoms in total. The summed E-state index contributed by atoms with van der Waals surface area (Å²) in [5.74, 6) is 0.581. The van der Waals surface area contributed by atoms with Gasteiger partial charge in [0.1, 0.15) is 0 Å². The van der Waals surface area contributed by atoms with Crippen molar-refractivity contribution in [2.45, 2.75) is 38.6 Å². The molecule has 1 atom stereocenters. The van der Waals surface area contributed by atoms with Gasteiger partial charge in [0.15, 0.2) is 0 Å². The van der Waals surface area contributed by atoms with Crippen molar-refractivity contribution < 1.29 is 0 Å². The van der Waals surface area contributed by atoms with Crippen LogP contribution in [0.15, 0.2) is 18.5 Å². The Kier molecular flexibility index (Phi) is 6.86. The van der Waals surface area contributed by atoms with Crippen LogP contribution in [0.3, 0.4) is 0 Å². The first kappa shape index (κ1) is 14.7. The predicted molar refractivity (Wildman–Crippen MR) is 74.7 cm³/mol. The second-order valence-corrected chi connectivity index (χ2v) is 5.16. The summed E-state index contributed by atoms with van der Waals surface area (Å²) in [6.45, 7) is 5.92. The highest BCUT2D eigenvalue weighted by atomic mass is 35.5. The second-order valence-electron chi connectivity index (χ2n) is 4.19. The molecule has 1 aromatic heterocycles. The molecule has 0 saturated carbocycles. The van der Waals surface area contributed by atoms with Gasteiger partial charge in [-0.1, -0.05) is 38.3 Å². The van der Waals surface area contributed by atoms with E-state index >= 15 is 0 Å². The molecule has 0 radical (unpaired) electrons. The van der Waals surface area contributed by atoms with Gasteiger partial charge in [0.25, 0.3) is 0 Å². The summed E-state index contributed by atoms with van der Waals surface area (Å²) in [4.78, 5) is 3.96. The standard InChI is InChI=1S/C13H20Cl2N2/c1-3-10(4-2)12(14)9-17-7-11-5-6-16-8-13(11)15/h5-6,8,10,12,17H,3-4,7,9H2,1-2H3. The summed E-state index contributed by atoms with van der Waals surface area (Å²) in [5.41, 5.74) is 1.06. The summed E-state index contributed by atoms with van der Waals surface area (Å²) in [6.07, 6.45) is 5.67. The minimum absolute atomic E-state index is 0.186. The first-order chi connectivity index (χ1) is 8.19. The average molecular weight is 275 g/mol. The Morgan fingerprint density at radius 3 is 2.65 bits per heavy atom. The van der Waals surface area contributed by atoms with E-state index in [-0.39, 0.29) is 5.38 Å². The van der Waals surface area contributed by atoms with E-state index in [9.17, 15) is 0 Å². The van der Waals surface area contributed by atoms with Crippen LogP contribution >= 0.6 is 23.2 Å². The lowest BCUT2D eigenvalue weighted by Gasteiger charge is -2.19. The largest absolute Gasteiger partial charge is 0.311 e. The third-order valence-corrected chi connectivity index (χ3v) is 3.92. The van der Waals surface area contributed by atoms with Crippen molar-refractivity contribution >= 4 is 23.2 Å². The summed E-state index contributed by atoms with van der Waals surface area (Å²) < 4.78 is 0. The Hall–Kier alpha value is -0.310. The van der Waals surface area contributed by atoms with Crippen molar-refractivity contribution in [1.82, 2.24) is 10.3 Å². The third-order valence-electron chi connectivity index (χ3n) is 3.07. The van der Waals surface area contributed by atoms with Gasteiger partial charge < -0.3 is 5.32 Å². The van der Waals surface area contributed by atoms with Crippen molar-refractivity contribution in [3.8, 4) is 0 Å². The normalized spacial score (nSPS) is 13.0. The number of hydrogen-bond donors (Lipinski definition) is 1. The summed E-state index contributed by atoms with van der Waals surface area (Å²) >= 11 is 12.4. The van der Waals surface area contributed by atoms with Crippen LogP contribution in [0, 0.1) is 5.92 Å². The van der Waals surface area contributed by atoms with Gasteiger partial charge in [0, 0.05) is 30.9 Å². The fourth-order valence-electron chi connectivity index (χ4n) is 1.86. The number of rotatable bonds is 7. The van der Waals surface area contributed by atoms with Gasteiger partial charge in [0.05, 0.1) is 5.02 Å². The Morgan fingerprint density at radius 1 is 1.35 bits per heavy atom. The van der Waals surface area contributed by atoms with Crippen molar-refractivity contribution in [2.75, 3.05) is 6.54 Å². The van der Waals surface area contributed by atoms with E-state index in [2.05, 4.69) is 24.1 Å². The quantitative estimate of drug-likeness (QED) is 0.764. The van der Waals surface area contributed by atoms with Crippen molar-refractivity contribution in [3.05, 3.63) is 29.0 Å². The van der Waals surface area contributed by atoms with Crippen LogP contribution in [-0.4, -0.2) is 16.9 Å². The Labute approximate surface area is 114 Å². The monoisotopic (exact) mass is 274 g/mol. The smallest absolute Gasteiger partial charge is 0.0634 e. The molecule has 0 aromatic carbocycles. The molecule has 96 valence electrons. The van der Waals surface area contributed by atoms with Crippen LogP contribution in [0.1, 0.15) is 32.3 Å². The topological polar surface area (TPSA) is 24.9 Å². The predicted octanol–water partition coefficient (Wildman–Crippen LogP) is 3.87. The minimum Gasteiger partial charge on any atom is -0.311 e. The van der Waals surface area contributed by atoms with Crippen molar-refractivity contribution in [3.63, 3.8) is 0 Å². The van der Waals surface area contributed by atoms with Crippen molar-refractivity contribution in [1.29, 1.82) is 0 Å². The highest BCUT2D eigenvalue weighted by Gasteiger charge is 2.14. The van der Waals surface area contributed by atoms with E-state index < -0.39 is 0 Å². The molecule has 0 amide bonds. The fraction of sp³-hybridized carbons (Fsp3) is 0.615. The van der Waals surface area contributed by atoms with Crippen LogP contribution < -0.4 is 5.32 Å². The summed E-state index contributed by atoms with van der Waals surface area (Å²) in [6, 6.07) is 1.93. The van der Waals surface area contributed by atoms with Gasteiger partial charge in [-0.2, -0.15) is 0 Å². The number of alkyl halides is 1. The van der Waals surface area contributed by atoms with Crippen LogP contribution in [0.2, 0.25) is 5.02 Å². The van der Waals surface area contributed by atoms with Crippen LogP contribution in [0.5, 0.6) is 0 Å². The Bertz CT molecular complexity index is 327. The first-order valence-corrected chi connectivity index (χ1v) is 6.93. The maximum absolute atomic E-state index is 6.35. The van der Waals surface area contributed by atoms with E-state index in [1.165, 1.54) is 0 Å². The molecule has 4 heteroatoms. The van der Waals surface area contributed by atoms with Gasteiger partial charge in [-0.15, -0.1) is 11.6 Å². The maximum atomic E-state index is 6.35. The van der Waals surface area contributed by atoms with E-state index in [4.69, 9.17) is 23.2 Å². The molecule has 0 saturated heterocycles. The molecule has 0 spiro atoms. The highest BCUT2D eigenvalue weighted by Crippen LogP contribution is 2.18. The molecular weight excluding hydrogens is 255 g/mol. The van der Waals surface area contributed by atoms with E-state index in [1.807, 2.05) is 6.07 Å². The lowest BCUT2D eigenvalue weighted by atomic mass is 9.99. The molecule has 0 bridgehead atoms. The zero-order chi connectivity index (χ0) is 12.7. The molecule has 0 fully saturated rings. The third kappa shape index (κ3) is 4.82. The number of hydrogen-bond acceptors (Lipinski definition) is 2. The number of aromatic nitrogens is 1. The average Bonchev–Trinajstić information content (AvgIpc) is 2.33. The number of nitrogens with one attached hydrogen (secondary N) is 1. The molecule has 0 aliphatic carbocycles. The van der Waals surface area contributed by atoms with E-state index in [0.717, 1.165) is 31.5 Å². The maximum Gasteiger partial charge on any atom is 0.0634 e. The zero-order valence-corrected chi connectivity index (χ0v) is 11.9. The van der Waals surface area contributed by atoms with Crippen LogP contribution in [-0.2, 0) is 6.54 Å². The highest BCUT2D eigenvalue weighted by molar-refractivity contribution is 6.31. The molecule has 17 heavy (non-hydrogen) atoms. The van der Waals surface area contributed by atoms with E-state index in [1.54, 1.807) is 12.4 Å². The van der Waals surface area contributed by atoms with Gasteiger partial charge >= 0.3 is 0 Å². The number of nitrogens with zero attached hydrogens (tertiary/aromatic N) is 1. The molecule has 1 rings (SSSR count). The zero-order valence-electron chi connectivity index (χ0n) is 10.4. The van der Waals surface area contributed by atoms with Crippen LogP contribution in [0.4, 0.5) is 0 Å². The Balaban J connectivity index is 2.35. The van der Waals surface area contributed by atoms with E-state index in [0.29, 0.717) is 10.9 Å². The van der Waals surface area contributed by atoms with Gasteiger partial charge in [-0.25, -0.2) is 0 Å². The molecule has 1 N–H and O–H groups in total. The summed E-state index contributed by atoms with van der Waals surface area (Å²) in [7, 11) is 0. The molecule has 0 aliphatic rings. The molecule has 1 aromatic rings. The lowest BCUT2D eigenvalue weighted by Crippen LogP contribution is -2.28. The molecular formula is C13H20Cl2N2.